The van der Waals surface area contributed by atoms with Gasteiger partial charge in [-0.05, 0) is 81.8 Å². The normalized spacial score (nSPS) is 18.3. The predicted octanol–water partition coefficient (Wildman–Crippen LogP) is 7.05. The number of carbonyl (C=O) groups is 1. The molecule has 192 valence electrons. The van der Waals surface area contributed by atoms with Crippen LogP contribution in [0.15, 0.2) is 40.9 Å². The van der Waals surface area contributed by atoms with Crippen molar-refractivity contribution in [1.82, 2.24) is 9.88 Å². The Morgan fingerprint density at radius 2 is 1.86 bits per heavy atom. The van der Waals surface area contributed by atoms with Crippen LogP contribution in [-0.2, 0) is 10.2 Å². The second-order valence-electron chi connectivity index (χ2n) is 11.8. The summed E-state index contributed by atoms with van der Waals surface area (Å²) < 4.78 is 13.1. The SMILES string of the molecule is CC(C)(C)OCN1CCC(CCOc2ccc3c(c2)C(C)(C)c2[nH]c4cc(Br)ccc4c2C3=O)CC1. The first-order valence-corrected chi connectivity index (χ1v) is 13.8. The van der Waals surface area contributed by atoms with E-state index >= 15 is 0 Å². The fourth-order valence-electron chi connectivity index (χ4n) is 5.50. The summed E-state index contributed by atoms with van der Waals surface area (Å²) in [5.74, 6) is 1.61. The van der Waals surface area contributed by atoms with Crippen molar-refractivity contribution in [3.8, 4) is 5.75 Å². The van der Waals surface area contributed by atoms with E-state index in [9.17, 15) is 4.79 Å². The highest BCUT2D eigenvalue weighted by molar-refractivity contribution is 9.10. The summed E-state index contributed by atoms with van der Waals surface area (Å²) in [7, 11) is 0. The zero-order valence-corrected chi connectivity index (χ0v) is 23.6. The minimum absolute atomic E-state index is 0.0849. The maximum atomic E-state index is 13.5. The zero-order chi connectivity index (χ0) is 25.7. The molecular weight excluding hydrogens is 516 g/mol. The molecule has 6 heteroatoms. The number of ether oxygens (including phenoxy) is 2. The third-order valence-corrected chi connectivity index (χ3v) is 8.20. The number of halogens is 1. The van der Waals surface area contributed by atoms with E-state index in [-0.39, 0.29) is 16.8 Å². The summed E-state index contributed by atoms with van der Waals surface area (Å²) in [5, 5.41) is 0.980. The molecule has 1 aliphatic carbocycles. The number of hydrogen-bond donors (Lipinski definition) is 1. The number of nitrogens with one attached hydrogen (secondary N) is 1. The number of likely N-dealkylation sites (tertiary alicyclic amines) is 1. The maximum absolute atomic E-state index is 13.5. The molecule has 3 aromatic rings. The molecule has 0 amide bonds. The zero-order valence-electron chi connectivity index (χ0n) is 22.0. The first kappa shape index (κ1) is 25.5. The van der Waals surface area contributed by atoms with Gasteiger partial charge in [0.1, 0.15) is 5.75 Å². The first-order valence-electron chi connectivity index (χ1n) is 13.0. The lowest BCUT2D eigenvalue weighted by atomic mass is 9.71. The molecule has 0 unspecified atom stereocenters. The lowest BCUT2D eigenvalue weighted by molar-refractivity contribution is -0.0715. The molecular formula is C30H37BrN2O3. The van der Waals surface area contributed by atoms with Crippen molar-refractivity contribution in [2.45, 2.75) is 64.9 Å². The van der Waals surface area contributed by atoms with E-state index in [1.54, 1.807) is 0 Å². The molecule has 1 N–H and O–H groups in total. The molecule has 1 fully saturated rings. The van der Waals surface area contributed by atoms with Crippen LogP contribution in [0, 0.1) is 5.92 Å². The molecule has 1 aromatic heterocycles. The van der Waals surface area contributed by atoms with Gasteiger partial charge in [-0.3, -0.25) is 9.69 Å². The number of benzene rings is 2. The van der Waals surface area contributed by atoms with Crippen molar-refractivity contribution in [2.75, 3.05) is 26.4 Å². The molecule has 0 bridgehead atoms. The van der Waals surface area contributed by atoms with Gasteiger partial charge < -0.3 is 14.5 Å². The Balaban J connectivity index is 1.24. The Morgan fingerprint density at radius 3 is 2.58 bits per heavy atom. The van der Waals surface area contributed by atoms with Gasteiger partial charge in [0, 0.05) is 45.1 Å². The van der Waals surface area contributed by atoms with E-state index in [1.807, 2.05) is 30.3 Å². The van der Waals surface area contributed by atoms with E-state index < -0.39 is 0 Å². The van der Waals surface area contributed by atoms with E-state index in [2.05, 4.69) is 66.5 Å². The average molecular weight is 554 g/mol. The van der Waals surface area contributed by atoms with Crippen LogP contribution < -0.4 is 4.74 Å². The van der Waals surface area contributed by atoms with E-state index in [4.69, 9.17) is 9.47 Å². The van der Waals surface area contributed by atoms with Crippen molar-refractivity contribution < 1.29 is 14.3 Å². The molecule has 0 saturated carbocycles. The number of carbonyl (C=O) groups excluding carboxylic acids is 1. The van der Waals surface area contributed by atoms with Crippen LogP contribution in [0.1, 0.15) is 81.1 Å². The van der Waals surface area contributed by atoms with Crippen molar-refractivity contribution >= 4 is 32.6 Å². The number of ketones is 1. The molecule has 1 saturated heterocycles. The summed E-state index contributed by atoms with van der Waals surface area (Å²) in [6.07, 6.45) is 3.41. The van der Waals surface area contributed by atoms with Gasteiger partial charge in [-0.25, -0.2) is 0 Å². The molecule has 0 radical (unpaired) electrons. The number of nitrogens with zero attached hydrogens (tertiary/aromatic N) is 1. The van der Waals surface area contributed by atoms with Crippen LogP contribution in [0.3, 0.4) is 0 Å². The van der Waals surface area contributed by atoms with E-state index in [0.29, 0.717) is 19.3 Å². The third-order valence-electron chi connectivity index (χ3n) is 7.70. The summed E-state index contributed by atoms with van der Waals surface area (Å²) in [6, 6.07) is 12.0. The lowest BCUT2D eigenvalue weighted by Gasteiger charge is -2.34. The third kappa shape index (κ3) is 5.00. The van der Waals surface area contributed by atoms with Gasteiger partial charge in [0.25, 0.3) is 0 Å². The first-order chi connectivity index (χ1) is 17.0. The quantitative estimate of drug-likeness (QED) is 0.355. The molecule has 5 rings (SSSR count). The standard InChI is InChI=1S/C30H37BrN2O3/c1-29(2,3)36-18-33-13-10-19(11-14-33)12-15-35-21-7-9-22-24(17-21)30(4,5)28-26(27(22)34)23-8-6-20(31)16-25(23)32-28/h6-9,16-17,19,32H,10-15,18H2,1-5H3. The Bertz CT molecular complexity index is 1280. The minimum Gasteiger partial charge on any atom is -0.494 e. The largest absolute Gasteiger partial charge is 0.494 e. The summed E-state index contributed by atoms with van der Waals surface area (Å²) >= 11 is 3.55. The molecule has 2 aliphatic rings. The second-order valence-corrected chi connectivity index (χ2v) is 12.7. The van der Waals surface area contributed by atoms with Crippen molar-refractivity contribution in [3.63, 3.8) is 0 Å². The number of hydrogen-bond acceptors (Lipinski definition) is 4. The van der Waals surface area contributed by atoms with Crippen molar-refractivity contribution in [1.29, 1.82) is 0 Å². The Kier molecular flexibility index (Phi) is 6.81. The highest BCUT2D eigenvalue weighted by Gasteiger charge is 2.39. The van der Waals surface area contributed by atoms with E-state index in [0.717, 1.165) is 63.0 Å². The van der Waals surface area contributed by atoms with Crippen LogP contribution in [0.25, 0.3) is 10.9 Å². The summed E-state index contributed by atoms with van der Waals surface area (Å²) in [4.78, 5) is 19.5. The molecule has 2 aromatic carbocycles. The van der Waals surface area contributed by atoms with Gasteiger partial charge >= 0.3 is 0 Å². The summed E-state index contributed by atoms with van der Waals surface area (Å²) in [5.41, 5.74) is 4.13. The van der Waals surface area contributed by atoms with Crippen molar-refractivity contribution in [3.05, 3.63) is 63.3 Å². The second kappa shape index (κ2) is 9.62. The maximum Gasteiger partial charge on any atom is 0.195 e. The number of rotatable bonds is 6. The van der Waals surface area contributed by atoms with Crippen LogP contribution in [-0.4, -0.2) is 47.7 Å². The van der Waals surface area contributed by atoms with Gasteiger partial charge in [0.15, 0.2) is 5.78 Å². The number of aromatic nitrogens is 1. The average Bonchev–Trinajstić information content (AvgIpc) is 3.22. The van der Waals surface area contributed by atoms with Gasteiger partial charge in [-0.15, -0.1) is 0 Å². The van der Waals surface area contributed by atoms with Gasteiger partial charge in [-0.2, -0.15) is 0 Å². The Morgan fingerprint density at radius 1 is 1.11 bits per heavy atom. The molecule has 0 atom stereocenters. The molecule has 2 heterocycles. The van der Waals surface area contributed by atoms with Gasteiger partial charge in [0.05, 0.1) is 24.5 Å². The van der Waals surface area contributed by atoms with Gasteiger partial charge in [-0.1, -0.05) is 35.8 Å². The fourth-order valence-corrected chi connectivity index (χ4v) is 5.87. The summed E-state index contributed by atoms with van der Waals surface area (Å²) in [6.45, 7) is 14.3. The van der Waals surface area contributed by atoms with Crippen LogP contribution in [0.5, 0.6) is 5.75 Å². The molecule has 0 spiro atoms. The smallest absolute Gasteiger partial charge is 0.195 e. The van der Waals surface area contributed by atoms with Gasteiger partial charge in [0.2, 0.25) is 0 Å². The highest BCUT2D eigenvalue weighted by atomic mass is 79.9. The number of fused-ring (bicyclic) bond motifs is 4. The topological polar surface area (TPSA) is 54.6 Å². The Labute approximate surface area is 222 Å². The van der Waals surface area contributed by atoms with Crippen LogP contribution >= 0.6 is 15.9 Å². The highest BCUT2D eigenvalue weighted by Crippen LogP contribution is 2.45. The molecule has 1 aliphatic heterocycles. The predicted molar refractivity (Wildman–Crippen MR) is 148 cm³/mol. The molecule has 36 heavy (non-hydrogen) atoms. The number of aromatic amines is 1. The van der Waals surface area contributed by atoms with E-state index in [1.165, 1.54) is 12.8 Å². The number of H-pyrrole nitrogens is 1. The number of piperidine rings is 1. The molecule has 5 nitrogen and oxygen atoms in total. The monoisotopic (exact) mass is 552 g/mol. The lowest BCUT2D eigenvalue weighted by Crippen LogP contribution is -2.38. The minimum atomic E-state index is -0.328. The van der Waals surface area contributed by atoms with Crippen LogP contribution in [0.2, 0.25) is 0 Å². The van der Waals surface area contributed by atoms with Crippen molar-refractivity contribution in [2.24, 2.45) is 5.92 Å². The fraction of sp³-hybridized carbons (Fsp3) is 0.500. The van der Waals surface area contributed by atoms with Crippen LogP contribution in [0.4, 0.5) is 0 Å². The Hall–Kier alpha value is -2.15.